The summed E-state index contributed by atoms with van der Waals surface area (Å²) in [6, 6.07) is 0.697. The van der Waals surface area contributed by atoms with Crippen molar-refractivity contribution in [2.75, 3.05) is 19.6 Å². The van der Waals surface area contributed by atoms with Gasteiger partial charge in [0.05, 0.1) is 0 Å². The minimum atomic E-state index is 0.133. The molecule has 0 fully saturated rings. The third-order valence-electron chi connectivity index (χ3n) is 2.46. The fourth-order valence-electron chi connectivity index (χ4n) is 1.56. The van der Waals surface area contributed by atoms with Crippen LogP contribution in [0, 0.1) is 0 Å². The van der Waals surface area contributed by atoms with Gasteiger partial charge in [0.15, 0.2) is 0 Å². The molecule has 0 aromatic rings. The fraction of sp³-hybridized carbons (Fsp3) is 0.917. The van der Waals surface area contributed by atoms with Gasteiger partial charge in [-0.25, -0.2) is 0 Å². The molecule has 0 saturated heterocycles. The molecule has 0 saturated carbocycles. The van der Waals surface area contributed by atoms with Crippen LogP contribution in [0.25, 0.3) is 0 Å². The molecular weight excluding hydrogens is 202 g/mol. The maximum Gasteiger partial charge on any atom is 0.221 e. The summed E-state index contributed by atoms with van der Waals surface area (Å²) in [7, 11) is 0. The highest BCUT2D eigenvalue weighted by atomic mass is 16.1. The van der Waals surface area contributed by atoms with Crippen molar-refractivity contribution < 1.29 is 4.79 Å². The molecular formula is C12H27N3O. The summed E-state index contributed by atoms with van der Waals surface area (Å²) in [6.07, 6.45) is 1.56. The first-order valence-corrected chi connectivity index (χ1v) is 6.20. The highest BCUT2D eigenvalue weighted by Gasteiger charge is 2.11. The van der Waals surface area contributed by atoms with Crippen molar-refractivity contribution in [3.63, 3.8) is 0 Å². The van der Waals surface area contributed by atoms with Gasteiger partial charge < -0.3 is 16.0 Å². The average molecular weight is 229 g/mol. The number of rotatable bonds is 8. The zero-order valence-corrected chi connectivity index (χ0v) is 11.1. The lowest BCUT2D eigenvalue weighted by atomic mass is 10.2. The summed E-state index contributed by atoms with van der Waals surface area (Å²) in [6.45, 7) is 10.8. The molecule has 0 rings (SSSR count). The zero-order valence-electron chi connectivity index (χ0n) is 11.1. The summed E-state index contributed by atoms with van der Waals surface area (Å²) < 4.78 is 0. The van der Waals surface area contributed by atoms with Gasteiger partial charge in [-0.15, -0.1) is 0 Å². The zero-order chi connectivity index (χ0) is 12.6. The highest BCUT2D eigenvalue weighted by Crippen LogP contribution is 2.01. The second-order valence-electron chi connectivity index (χ2n) is 4.74. The van der Waals surface area contributed by atoms with Crippen molar-refractivity contribution in [2.45, 2.75) is 52.6 Å². The van der Waals surface area contributed by atoms with Crippen LogP contribution in [0.2, 0.25) is 0 Å². The summed E-state index contributed by atoms with van der Waals surface area (Å²) in [5.41, 5.74) is 5.49. The number of amides is 1. The van der Waals surface area contributed by atoms with Gasteiger partial charge in [0, 0.05) is 25.0 Å². The summed E-state index contributed by atoms with van der Waals surface area (Å²) >= 11 is 0. The van der Waals surface area contributed by atoms with Crippen molar-refractivity contribution >= 4 is 5.91 Å². The molecule has 0 heterocycles. The van der Waals surface area contributed by atoms with E-state index in [4.69, 9.17) is 5.73 Å². The van der Waals surface area contributed by atoms with Gasteiger partial charge in [0.2, 0.25) is 5.91 Å². The Morgan fingerprint density at radius 2 is 1.88 bits per heavy atom. The van der Waals surface area contributed by atoms with Gasteiger partial charge in [-0.3, -0.25) is 4.79 Å². The molecule has 0 unspecified atom stereocenters. The average Bonchev–Trinajstić information content (AvgIpc) is 2.16. The first-order chi connectivity index (χ1) is 7.47. The Bertz CT molecular complexity index is 193. The molecule has 16 heavy (non-hydrogen) atoms. The SMILES string of the molecule is CC(C)NC(=O)CCN(CCCN)C(C)C. The maximum absolute atomic E-state index is 11.5. The standard InChI is InChI=1S/C12H27N3O/c1-10(2)14-12(16)6-9-15(11(3)4)8-5-7-13/h10-11H,5-9,13H2,1-4H3,(H,14,16). The molecule has 0 aromatic heterocycles. The Hall–Kier alpha value is -0.610. The lowest BCUT2D eigenvalue weighted by Gasteiger charge is -2.26. The third-order valence-corrected chi connectivity index (χ3v) is 2.46. The Balaban J connectivity index is 3.87. The molecule has 0 atom stereocenters. The lowest BCUT2D eigenvalue weighted by molar-refractivity contribution is -0.122. The van der Waals surface area contributed by atoms with Gasteiger partial charge in [-0.1, -0.05) is 0 Å². The van der Waals surface area contributed by atoms with E-state index in [9.17, 15) is 4.79 Å². The predicted octanol–water partition coefficient (Wildman–Crippen LogP) is 0.960. The minimum absolute atomic E-state index is 0.133. The lowest BCUT2D eigenvalue weighted by Crippen LogP contribution is -2.38. The molecule has 0 radical (unpaired) electrons. The Labute approximate surface area is 99.6 Å². The van der Waals surface area contributed by atoms with E-state index in [1.54, 1.807) is 0 Å². The Morgan fingerprint density at radius 1 is 1.25 bits per heavy atom. The first-order valence-electron chi connectivity index (χ1n) is 6.20. The molecule has 1 amide bonds. The number of carbonyl (C=O) groups excluding carboxylic acids is 1. The van der Waals surface area contributed by atoms with Crippen LogP contribution in [0.4, 0.5) is 0 Å². The van der Waals surface area contributed by atoms with Crippen molar-refractivity contribution in [3.8, 4) is 0 Å². The summed E-state index contributed by atoms with van der Waals surface area (Å²) in [4.78, 5) is 13.8. The van der Waals surface area contributed by atoms with E-state index in [-0.39, 0.29) is 11.9 Å². The van der Waals surface area contributed by atoms with Crippen LogP contribution in [0.5, 0.6) is 0 Å². The summed E-state index contributed by atoms with van der Waals surface area (Å²) in [5.74, 6) is 0.133. The minimum Gasteiger partial charge on any atom is -0.354 e. The van der Waals surface area contributed by atoms with Crippen molar-refractivity contribution in [1.82, 2.24) is 10.2 Å². The number of nitrogens with two attached hydrogens (primary N) is 1. The number of nitrogens with one attached hydrogen (secondary N) is 1. The second kappa shape index (κ2) is 8.53. The fourth-order valence-corrected chi connectivity index (χ4v) is 1.56. The van der Waals surface area contributed by atoms with Gasteiger partial charge in [-0.2, -0.15) is 0 Å². The van der Waals surface area contributed by atoms with Crippen LogP contribution in [0.3, 0.4) is 0 Å². The predicted molar refractivity (Wildman–Crippen MR) is 68.3 cm³/mol. The van der Waals surface area contributed by atoms with Gasteiger partial charge in [-0.05, 0) is 47.2 Å². The van der Waals surface area contributed by atoms with E-state index in [0.29, 0.717) is 19.0 Å². The first kappa shape index (κ1) is 15.4. The molecule has 4 nitrogen and oxygen atoms in total. The molecule has 0 bridgehead atoms. The van der Waals surface area contributed by atoms with Crippen LogP contribution in [-0.2, 0) is 4.79 Å². The molecule has 3 N–H and O–H groups in total. The van der Waals surface area contributed by atoms with Crippen LogP contribution in [0.15, 0.2) is 0 Å². The molecule has 0 aliphatic heterocycles. The van der Waals surface area contributed by atoms with Crippen molar-refractivity contribution in [1.29, 1.82) is 0 Å². The number of nitrogens with zero attached hydrogens (tertiary/aromatic N) is 1. The van der Waals surface area contributed by atoms with Crippen molar-refractivity contribution in [2.24, 2.45) is 5.73 Å². The van der Waals surface area contributed by atoms with E-state index >= 15 is 0 Å². The molecule has 96 valence electrons. The topological polar surface area (TPSA) is 58.4 Å². The van der Waals surface area contributed by atoms with Crippen LogP contribution >= 0.6 is 0 Å². The number of carbonyl (C=O) groups is 1. The van der Waals surface area contributed by atoms with Gasteiger partial charge in [0.1, 0.15) is 0 Å². The maximum atomic E-state index is 11.5. The third kappa shape index (κ3) is 7.65. The number of hydrogen-bond donors (Lipinski definition) is 2. The van der Waals surface area contributed by atoms with E-state index in [2.05, 4.69) is 24.1 Å². The Kier molecular flexibility index (Phi) is 8.21. The Morgan fingerprint density at radius 3 is 2.31 bits per heavy atom. The van der Waals surface area contributed by atoms with Crippen LogP contribution < -0.4 is 11.1 Å². The van der Waals surface area contributed by atoms with Crippen LogP contribution in [0.1, 0.15) is 40.5 Å². The second-order valence-corrected chi connectivity index (χ2v) is 4.74. The normalized spacial score (nSPS) is 11.5. The largest absolute Gasteiger partial charge is 0.354 e. The highest BCUT2D eigenvalue weighted by molar-refractivity contribution is 5.76. The molecule has 0 aliphatic rings. The summed E-state index contributed by atoms with van der Waals surface area (Å²) in [5, 5.41) is 2.90. The van der Waals surface area contributed by atoms with Crippen LogP contribution in [-0.4, -0.2) is 42.5 Å². The molecule has 0 aliphatic carbocycles. The monoisotopic (exact) mass is 229 g/mol. The number of hydrogen-bond acceptors (Lipinski definition) is 3. The van der Waals surface area contributed by atoms with Crippen molar-refractivity contribution in [3.05, 3.63) is 0 Å². The quantitative estimate of drug-likeness (QED) is 0.652. The van der Waals surface area contributed by atoms with E-state index in [1.165, 1.54) is 0 Å². The molecule has 4 heteroatoms. The van der Waals surface area contributed by atoms with E-state index in [1.807, 2.05) is 13.8 Å². The van der Waals surface area contributed by atoms with E-state index in [0.717, 1.165) is 19.5 Å². The smallest absolute Gasteiger partial charge is 0.221 e. The van der Waals surface area contributed by atoms with Gasteiger partial charge >= 0.3 is 0 Å². The van der Waals surface area contributed by atoms with E-state index < -0.39 is 0 Å². The van der Waals surface area contributed by atoms with Gasteiger partial charge in [0.25, 0.3) is 0 Å². The molecule has 0 aromatic carbocycles. The molecule has 0 spiro atoms.